The van der Waals surface area contributed by atoms with Crippen molar-refractivity contribution >= 4 is 5.91 Å². The molecule has 0 aliphatic heterocycles. The van der Waals surface area contributed by atoms with Crippen LogP contribution in [0, 0.1) is 11.6 Å². The summed E-state index contributed by atoms with van der Waals surface area (Å²) in [7, 11) is 0. The number of amides is 1. The van der Waals surface area contributed by atoms with Gasteiger partial charge in [-0.15, -0.1) is 0 Å². The highest BCUT2D eigenvalue weighted by atomic mass is 19.1. The van der Waals surface area contributed by atoms with Crippen molar-refractivity contribution < 1.29 is 13.6 Å². The van der Waals surface area contributed by atoms with Gasteiger partial charge in [0.1, 0.15) is 11.6 Å². The normalized spacial score (nSPS) is 12.2. The van der Waals surface area contributed by atoms with Crippen LogP contribution >= 0.6 is 0 Å². The monoisotopic (exact) mass is 256 g/mol. The Bertz CT molecular complexity index is 410. The summed E-state index contributed by atoms with van der Waals surface area (Å²) in [6, 6.07) is 3.25. The second-order valence-corrected chi connectivity index (χ2v) is 4.22. The van der Waals surface area contributed by atoms with Gasteiger partial charge in [-0.05, 0) is 24.5 Å². The van der Waals surface area contributed by atoms with Crippen molar-refractivity contribution in [1.82, 2.24) is 5.32 Å². The molecule has 3 nitrogen and oxygen atoms in total. The van der Waals surface area contributed by atoms with Gasteiger partial charge in [0.25, 0.3) is 0 Å². The van der Waals surface area contributed by atoms with Crippen LogP contribution in [-0.4, -0.2) is 18.5 Å². The van der Waals surface area contributed by atoms with Gasteiger partial charge < -0.3 is 11.1 Å². The molecule has 0 saturated heterocycles. The van der Waals surface area contributed by atoms with Crippen molar-refractivity contribution in [3.63, 3.8) is 0 Å². The van der Waals surface area contributed by atoms with Gasteiger partial charge in [-0.25, -0.2) is 8.78 Å². The lowest BCUT2D eigenvalue weighted by molar-refractivity contribution is -0.120. The molecule has 0 radical (unpaired) electrons. The summed E-state index contributed by atoms with van der Waals surface area (Å²) in [4.78, 5) is 11.5. The Kier molecular flexibility index (Phi) is 5.71. The minimum absolute atomic E-state index is 0.0628. The zero-order valence-electron chi connectivity index (χ0n) is 10.4. The highest BCUT2D eigenvalue weighted by molar-refractivity contribution is 5.78. The Morgan fingerprint density at radius 3 is 2.78 bits per heavy atom. The van der Waals surface area contributed by atoms with Crippen LogP contribution in [0.25, 0.3) is 0 Å². The molecule has 18 heavy (non-hydrogen) atoms. The van der Waals surface area contributed by atoms with Crippen molar-refractivity contribution in [2.24, 2.45) is 5.73 Å². The van der Waals surface area contributed by atoms with Crippen LogP contribution in [0.2, 0.25) is 0 Å². The van der Waals surface area contributed by atoms with E-state index in [1.165, 1.54) is 6.07 Å². The van der Waals surface area contributed by atoms with Gasteiger partial charge in [0.2, 0.25) is 5.91 Å². The first-order valence-electron chi connectivity index (χ1n) is 5.99. The third-order valence-corrected chi connectivity index (χ3v) is 2.73. The summed E-state index contributed by atoms with van der Waals surface area (Å²) in [5.41, 5.74) is 5.89. The summed E-state index contributed by atoms with van der Waals surface area (Å²) in [5, 5.41) is 2.66. The highest BCUT2D eigenvalue weighted by Gasteiger charge is 2.09. The Morgan fingerprint density at radius 1 is 1.44 bits per heavy atom. The molecule has 0 aliphatic carbocycles. The van der Waals surface area contributed by atoms with Crippen LogP contribution in [0.5, 0.6) is 0 Å². The maximum atomic E-state index is 13.3. The zero-order chi connectivity index (χ0) is 13.5. The zero-order valence-corrected chi connectivity index (χ0v) is 10.4. The number of carbonyl (C=O) groups excluding carboxylic acids is 1. The quantitative estimate of drug-likeness (QED) is 0.814. The van der Waals surface area contributed by atoms with Crippen molar-refractivity contribution in [3.8, 4) is 0 Å². The molecule has 0 fully saturated rings. The Balaban J connectivity index is 2.40. The minimum atomic E-state index is -0.699. The van der Waals surface area contributed by atoms with Gasteiger partial charge in [0.05, 0.1) is 6.42 Å². The number of nitrogens with one attached hydrogen (secondary N) is 1. The van der Waals surface area contributed by atoms with E-state index in [2.05, 4.69) is 5.32 Å². The lowest BCUT2D eigenvalue weighted by Crippen LogP contribution is -2.31. The summed E-state index contributed by atoms with van der Waals surface area (Å²) in [5.74, 6) is -1.63. The molecule has 1 aromatic rings. The van der Waals surface area contributed by atoms with Crippen LogP contribution in [0.4, 0.5) is 8.78 Å². The van der Waals surface area contributed by atoms with E-state index in [-0.39, 0.29) is 23.9 Å². The first-order chi connectivity index (χ1) is 8.52. The highest BCUT2D eigenvalue weighted by Crippen LogP contribution is 2.10. The van der Waals surface area contributed by atoms with Crippen LogP contribution in [0.15, 0.2) is 18.2 Å². The number of hydrogen-bond acceptors (Lipinski definition) is 2. The van der Waals surface area contributed by atoms with Crippen LogP contribution in [-0.2, 0) is 11.2 Å². The minimum Gasteiger partial charge on any atom is -0.356 e. The van der Waals surface area contributed by atoms with E-state index < -0.39 is 11.6 Å². The summed E-state index contributed by atoms with van der Waals surface area (Å²) in [6.45, 7) is 2.44. The molecule has 0 saturated carbocycles. The van der Waals surface area contributed by atoms with E-state index in [0.29, 0.717) is 13.0 Å². The summed E-state index contributed by atoms with van der Waals surface area (Å²) < 4.78 is 25.9. The number of benzene rings is 1. The van der Waals surface area contributed by atoms with Crippen molar-refractivity contribution in [3.05, 3.63) is 35.4 Å². The first kappa shape index (κ1) is 14.6. The van der Waals surface area contributed by atoms with Gasteiger partial charge in [0.15, 0.2) is 0 Å². The molecule has 100 valence electrons. The third kappa shape index (κ3) is 4.79. The molecule has 0 aromatic heterocycles. The fraction of sp³-hybridized carbons (Fsp3) is 0.462. The second kappa shape index (κ2) is 7.06. The van der Waals surface area contributed by atoms with E-state index in [1.54, 1.807) is 0 Å². The molecule has 0 heterocycles. The molecule has 1 atom stereocenters. The van der Waals surface area contributed by atoms with Gasteiger partial charge in [-0.1, -0.05) is 13.0 Å². The molecule has 3 N–H and O–H groups in total. The smallest absolute Gasteiger partial charge is 0.224 e. The largest absolute Gasteiger partial charge is 0.356 e. The van der Waals surface area contributed by atoms with Crippen LogP contribution in [0.1, 0.15) is 25.3 Å². The fourth-order valence-corrected chi connectivity index (χ4v) is 1.50. The second-order valence-electron chi connectivity index (χ2n) is 4.22. The maximum absolute atomic E-state index is 13.3. The predicted octanol–water partition coefficient (Wildman–Crippen LogP) is 1.75. The van der Waals surface area contributed by atoms with E-state index in [0.717, 1.165) is 18.6 Å². The lowest BCUT2D eigenvalue weighted by atomic mass is 10.1. The van der Waals surface area contributed by atoms with Crippen LogP contribution in [0.3, 0.4) is 0 Å². The SMILES string of the molecule is CCC(N)CCNC(=O)Cc1ccc(F)cc1F. The third-order valence-electron chi connectivity index (χ3n) is 2.73. The molecule has 1 aromatic carbocycles. The molecular formula is C13H18F2N2O. The average Bonchev–Trinajstić information content (AvgIpc) is 2.32. The Morgan fingerprint density at radius 2 is 2.17 bits per heavy atom. The van der Waals surface area contributed by atoms with E-state index in [4.69, 9.17) is 5.73 Å². The Labute approximate surface area is 105 Å². The van der Waals surface area contributed by atoms with Crippen molar-refractivity contribution in [2.45, 2.75) is 32.2 Å². The topological polar surface area (TPSA) is 55.1 Å². The summed E-state index contributed by atoms with van der Waals surface area (Å²) >= 11 is 0. The molecule has 5 heteroatoms. The lowest BCUT2D eigenvalue weighted by Gasteiger charge is -2.09. The Hall–Kier alpha value is -1.49. The molecule has 1 unspecified atom stereocenters. The van der Waals surface area contributed by atoms with Gasteiger partial charge in [-0.2, -0.15) is 0 Å². The van der Waals surface area contributed by atoms with E-state index in [9.17, 15) is 13.6 Å². The van der Waals surface area contributed by atoms with Gasteiger partial charge in [-0.3, -0.25) is 4.79 Å². The number of halogens is 2. The maximum Gasteiger partial charge on any atom is 0.224 e. The average molecular weight is 256 g/mol. The number of hydrogen-bond donors (Lipinski definition) is 2. The molecule has 0 bridgehead atoms. The fourth-order valence-electron chi connectivity index (χ4n) is 1.50. The summed E-state index contributed by atoms with van der Waals surface area (Å²) in [6.07, 6.45) is 1.45. The molecule has 0 aliphatic rings. The van der Waals surface area contributed by atoms with Crippen LogP contribution < -0.4 is 11.1 Å². The van der Waals surface area contributed by atoms with Gasteiger partial charge in [0, 0.05) is 18.7 Å². The van der Waals surface area contributed by atoms with E-state index in [1.807, 2.05) is 6.92 Å². The number of rotatable bonds is 6. The molecule has 1 rings (SSSR count). The van der Waals surface area contributed by atoms with Crippen molar-refractivity contribution in [1.29, 1.82) is 0 Å². The number of carbonyl (C=O) groups is 1. The van der Waals surface area contributed by atoms with E-state index >= 15 is 0 Å². The predicted molar refractivity (Wildman–Crippen MR) is 66.0 cm³/mol. The first-order valence-corrected chi connectivity index (χ1v) is 5.99. The van der Waals surface area contributed by atoms with Crippen molar-refractivity contribution in [2.75, 3.05) is 6.54 Å². The molecule has 1 amide bonds. The van der Waals surface area contributed by atoms with Gasteiger partial charge >= 0.3 is 0 Å². The standard InChI is InChI=1S/C13H18F2N2O/c1-2-11(16)5-6-17-13(18)7-9-3-4-10(14)8-12(9)15/h3-4,8,11H,2,5-7,16H2,1H3,(H,17,18). The molecular weight excluding hydrogens is 238 g/mol. The number of nitrogens with two attached hydrogens (primary N) is 1. The molecule has 0 spiro atoms.